The summed E-state index contributed by atoms with van der Waals surface area (Å²) in [5.41, 5.74) is 1.27. The molecule has 4 rings (SSSR count). The molecule has 1 unspecified atom stereocenters. The molecule has 1 saturated heterocycles. The smallest absolute Gasteiger partial charge is 0.251 e. The Bertz CT molecular complexity index is 925. The highest BCUT2D eigenvalue weighted by atomic mass is 19.1. The second kappa shape index (κ2) is 7.42. The van der Waals surface area contributed by atoms with Gasteiger partial charge in [0.2, 0.25) is 11.8 Å². The molecule has 1 aliphatic carbocycles. The minimum Gasteiger partial charge on any atom is -0.349 e. The maximum Gasteiger partial charge on any atom is 0.251 e. The van der Waals surface area contributed by atoms with Crippen LogP contribution in [0, 0.1) is 11.7 Å². The van der Waals surface area contributed by atoms with E-state index < -0.39 is 11.7 Å². The summed E-state index contributed by atoms with van der Waals surface area (Å²) in [7, 11) is 0. The van der Waals surface area contributed by atoms with Crippen LogP contribution in [0.4, 0.5) is 15.8 Å². The average molecular weight is 381 g/mol. The van der Waals surface area contributed by atoms with Crippen LogP contribution in [0.1, 0.15) is 29.6 Å². The molecule has 1 atom stereocenters. The van der Waals surface area contributed by atoms with Gasteiger partial charge < -0.3 is 15.5 Å². The van der Waals surface area contributed by atoms with E-state index in [1.54, 1.807) is 36.4 Å². The Morgan fingerprint density at radius 3 is 2.43 bits per heavy atom. The standard InChI is InChI=1S/C21H20FN3O3/c22-17-3-1-2-4-18(17)25-12-14(11-19(25)26)21(28)24-15-7-5-13(6-8-15)20(27)23-16-9-10-16/h1-8,14,16H,9-12H2,(H,23,27)(H,24,28). The van der Waals surface area contributed by atoms with Crippen molar-refractivity contribution in [2.45, 2.75) is 25.3 Å². The molecular formula is C21H20FN3O3. The molecule has 1 aliphatic heterocycles. The molecule has 2 aliphatic rings. The number of amides is 3. The zero-order valence-corrected chi connectivity index (χ0v) is 15.2. The van der Waals surface area contributed by atoms with Gasteiger partial charge in [0.05, 0.1) is 11.6 Å². The molecule has 6 nitrogen and oxygen atoms in total. The van der Waals surface area contributed by atoms with Gasteiger partial charge >= 0.3 is 0 Å². The Balaban J connectivity index is 1.38. The topological polar surface area (TPSA) is 78.5 Å². The van der Waals surface area contributed by atoms with Crippen molar-refractivity contribution in [1.29, 1.82) is 0 Å². The van der Waals surface area contributed by atoms with Crippen LogP contribution >= 0.6 is 0 Å². The molecule has 2 fully saturated rings. The summed E-state index contributed by atoms with van der Waals surface area (Å²) in [4.78, 5) is 38.1. The minimum atomic E-state index is -0.565. The fourth-order valence-electron chi connectivity index (χ4n) is 3.23. The Morgan fingerprint density at radius 2 is 1.75 bits per heavy atom. The van der Waals surface area contributed by atoms with Crippen molar-refractivity contribution in [3.8, 4) is 0 Å². The van der Waals surface area contributed by atoms with Gasteiger partial charge in [-0.3, -0.25) is 14.4 Å². The summed E-state index contributed by atoms with van der Waals surface area (Å²) in [6, 6.07) is 12.9. The van der Waals surface area contributed by atoms with Crippen molar-refractivity contribution in [2.75, 3.05) is 16.8 Å². The molecule has 1 saturated carbocycles. The third kappa shape index (κ3) is 3.88. The number of nitrogens with zero attached hydrogens (tertiary/aromatic N) is 1. The predicted molar refractivity (Wildman–Crippen MR) is 102 cm³/mol. The lowest BCUT2D eigenvalue weighted by Crippen LogP contribution is -2.28. The normalized spacial score (nSPS) is 18.8. The fraction of sp³-hybridized carbons (Fsp3) is 0.286. The number of nitrogens with one attached hydrogen (secondary N) is 2. The number of halogens is 1. The third-order valence-corrected chi connectivity index (χ3v) is 4.97. The number of rotatable bonds is 5. The van der Waals surface area contributed by atoms with E-state index >= 15 is 0 Å². The molecule has 0 bridgehead atoms. The Labute approximate surface area is 161 Å². The van der Waals surface area contributed by atoms with Crippen molar-refractivity contribution < 1.29 is 18.8 Å². The highest BCUT2D eigenvalue weighted by Gasteiger charge is 2.36. The van der Waals surface area contributed by atoms with Gasteiger partial charge in [-0.25, -0.2) is 4.39 Å². The highest BCUT2D eigenvalue weighted by molar-refractivity contribution is 6.03. The van der Waals surface area contributed by atoms with E-state index in [-0.39, 0.29) is 42.4 Å². The number of carbonyl (C=O) groups is 3. The van der Waals surface area contributed by atoms with Gasteiger partial charge in [-0.1, -0.05) is 12.1 Å². The van der Waals surface area contributed by atoms with Crippen molar-refractivity contribution in [2.24, 2.45) is 5.92 Å². The lowest BCUT2D eigenvalue weighted by molar-refractivity contribution is -0.122. The Hall–Kier alpha value is -3.22. The van der Waals surface area contributed by atoms with Gasteiger partial charge in [0.25, 0.3) is 5.91 Å². The van der Waals surface area contributed by atoms with E-state index in [0.717, 1.165) is 12.8 Å². The number of hydrogen-bond acceptors (Lipinski definition) is 3. The van der Waals surface area contributed by atoms with Gasteiger partial charge in [-0.15, -0.1) is 0 Å². The summed E-state index contributed by atoms with van der Waals surface area (Å²) in [5, 5.41) is 5.67. The zero-order valence-electron chi connectivity index (χ0n) is 15.2. The van der Waals surface area contributed by atoms with Crippen molar-refractivity contribution in [1.82, 2.24) is 5.32 Å². The molecule has 3 amide bonds. The first-order valence-electron chi connectivity index (χ1n) is 9.28. The molecular weight excluding hydrogens is 361 g/mol. The maximum absolute atomic E-state index is 13.9. The second-order valence-corrected chi connectivity index (χ2v) is 7.17. The van der Waals surface area contributed by atoms with E-state index in [0.29, 0.717) is 11.3 Å². The largest absolute Gasteiger partial charge is 0.349 e. The first-order valence-corrected chi connectivity index (χ1v) is 9.28. The number of benzene rings is 2. The van der Waals surface area contributed by atoms with Crippen molar-refractivity contribution in [3.05, 3.63) is 59.9 Å². The quantitative estimate of drug-likeness (QED) is 0.836. The monoisotopic (exact) mass is 381 g/mol. The molecule has 2 aromatic carbocycles. The average Bonchev–Trinajstić information content (AvgIpc) is 3.42. The number of hydrogen-bond donors (Lipinski definition) is 2. The molecule has 0 spiro atoms. The fourth-order valence-corrected chi connectivity index (χ4v) is 3.23. The summed E-state index contributed by atoms with van der Waals surface area (Å²) in [6.45, 7) is 0.132. The maximum atomic E-state index is 13.9. The molecule has 28 heavy (non-hydrogen) atoms. The zero-order chi connectivity index (χ0) is 19.7. The summed E-state index contributed by atoms with van der Waals surface area (Å²) in [5.74, 6) is -1.76. The van der Waals surface area contributed by atoms with Gasteiger partial charge in [0.1, 0.15) is 5.82 Å². The van der Waals surface area contributed by atoms with Gasteiger partial charge in [-0.2, -0.15) is 0 Å². The van der Waals surface area contributed by atoms with Crippen LogP contribution in [0.2, 0.25) is 0 Å². The molecule has 144 valence electrons. The van der Waals surface area contributed by atoms with Gasteiger partial charge in [0, 0.05) is 30.3 Å². The van der Waals surface area contributed by atoms with Gasteiger partial charge in [-0.05, 0) is 49.2 Å². The molecule has 0 radical (unpaired) electrons. The van der Waals surface area contributed by atoms with Crippen LogP contribution < -0.4 is 15.5 Å². The highest BCUT2D eigenvalue weighted by Crippen LogP contribution is 2.28. The molecule has 1 heterocycles. The molecule has 0 aromatic heterocycles. The predicted octanol–water partition coefficient (Wildman–Crippen LogP) is 2.71. The number of para-hydroxylation sites is 1. The second-order valence-electron chi connectivity index (χ2n) is 7.17. The van der Waals surface area contributed by atoms with Crippen molar-refractivity contribution in [3.63, 3.8) is 0 Å². The van der Waals surface area contributed by atoms with Crippen LogP contribution in [0.3, 0.4) is 0 Å². The lowest BCUT2D eigenvalue weighted by Gasteiger charge is -2.17. The summed E-state index contributed by atoms with van der Waals surface area (Å²) in [6.07, 6.45) is 2.07. The van der Waals surface area contributed by atoms with E-state index in [4.69, 9.17) is 0 Å². The third-order valence-electron chi connectivity index (χ3n) is 4.97. The van der Waals surface area contributed by atoms with E-state index in [2.05, 4.69) is 10.6 Å². The molecule has 7 heteroatoms. The minimum absolute atomic E-state index is 0.0298. The van der Waals surface area contributed by atoms with Crippen molar-refractivity contribution >= 4 is 29.1 Å². The molecule has 2 N–H and O–H groups in total. The van der Waals surface area contributed by atoms with Gasteiger partial charge in [0.15, 0.2) is 0 Å². The lowest BCUT2D eigenvalue weighted by atomic mass is 10.1. The van der Waals surface area contributed by atoms with Crippen LogP contribution in [0.25, 0.3) is 0 Å². The van der Waals surface area contributed by atoms with E-state index in [1.165, 1.54) is 17.0 Å². The van der Waals surface area contributed by atoms with Crippen LogP contribution in [-0.2, 0) is 9.59 Å². The van der Waals surface area contributed by atoms with E-state index in [1.807, 2.05) is 0 Å². The first kappa shape index (κ1) is 18.2. The van der Waals surface area contributed by atoms with Crippen LogP contribution in [-0.4, -0.2) is 30.3 Å². The SMILES string of the molecule is O=C(NC1CC1)c1ccc(NC(=O)C2CC(=O)N(c3ccccc3F)C2)cc1. The Kier molecular flexibility index (Phi) is 4.81. The summed E-state index contributed by atoms with van der Waals surface area (Å²) < 4.78 is 13.9. The number of carbonyl (C=O) groups excluding carboxylic acids is 3. The van der Waals surface area contributed by atoms with E-state index in [9.17, 15) is 18.8 Å². The summed E-state index contributed by atoms with van der Waals surface area (Å²) >= 11 is 0. The van der Waals surface area contributed by atoms with Crippen LogP contribution in [0.5, 0.6) is 0 Å². The Morgan fingerprint density at radius 1 is 1.04 bits per heavy atom. The first-order chi connectivity index (χ1) is 13.5. The molecule has 2 aromatic rings. The number of anilines is 2. The van der Waals surface area contributed by atoms with Crippen LogP contribution in [0.15, 0.2) is 48.5 Å².